The van der Waals surface area contributed by atoms with Gasteiger partial charge in [0.1, 0.15) is 20.1 Å². The van der Waals surface area contributed by atoms with E-state index in [2.05, 4.69) is 0 Å². The Labute approximate surface area is 50.3 Å². The van der Waals surface area contributed by atoms with Crippen molar-refractivity contribution >= 4 is 0 Å². The summed E-state index contributed by atoms with van der Waals surface area (Å²) in [5.74, 6) is 0. The van der Waals surface area contributed by atoms with Gasteiger partial charge in [0.2, 0.25) is 0 Å². The molecule has 0 spiro atoms. The maximum atomic E-state index is 11.1. The van der Waals surface area contributed by atoms with Gasteiger partial charge in [0.05, 0.1) is 0 Å². The first-order valence-corrected chi connectivity index (χ1v) is 3.26. The summed E-state index contributed by atoms with van der Waals surface area (Å²) in [7, 11) is 1.76. The zero-order valence-electron chi connectivity index (χ0n) is 5.39. The highest BCUT2D eigenvalue weighted by Gasteiger charge is 2.23. The van der Waals surface area contributed by atoms with Crippen molar-refractivity contribution in [3.63, 3.8) is 0 Å². The molecule has 2 heteroatoms. The molecule has 1 rings (SSSR count). The Morgan fingerprint density at radius 1 is 1.12 bits per heavy atom. The summed E-state index contributed by atoms with van der Waals surface area (Å²) in [6.45, 7) is 1.67. The predicted molar refractivity (Wildman–Crippen MR) is 30.5 cm³/mol. The summed E-state index contributed by atoms with van der Waals surface area (Å²) in [4.78, 5) is 0. The summed E-state index contributed by atoms with van der Waals surface area (Å²) in [6, 6.07) is 0. The van der Waals surface area contributed by atoms with E-state index < -0.39 is 0 Å². The van der Waals surface area contributed by atoms with E-state index in [-0.39, 0.29) is 4.65 Å². The van der Waals surface area contributed by atoms with Crippen molar-refractivity contribution in [1.29, 1.82) is 0 Å². The quantitative estimate of drug-likeness (QED) is 0.419. The third-order valence-electron chi connectivity index (χ3n) is 1.76. The summed E-state index contributed by atoms with van der Waals surface area (Å²) >= 11 is 0. The van der Waals surface area contributed by atoms with Gasteiger partial charge >= 0.3 is 0 Å². The number of quaternary nitrogens is 1. The number of hydrogen-bond acceptors (Lipinski definition) is 0. The molecule has 0 saturated carbocycles. The average Bonchev–Trinajstić information content (AvgIpc) is 1.65. The van der Waals surface area contributed by atoms with Gasteiger partial charge in [-0.15, -0.1) is 4.65 Å². The highest BCUT2D eigenvalue weighted by atomic mass is 16.5. The molecule has 0 amide bonds. The van der Waals surface area contributed by atoms with Crippen molar-refractivity contribution in [1.82, 2.24) is 0 Å². The fourth-order valence-electron chi connectivity index (χ4n) is 1.18. The van der Waals surface area contributed by atoms with Gasteiger partial charge in [-0.25, -0.2) is 0 Å². The smallest absolute Gasteiger partial charge is 0.112 e. The van der Waals surface area contributed by atoms with E-state index in [0.717, 1.165) is 25.9 Å². The lowest BCUT2D eigenvalue weighted by Gasteiger charge is -2.25. The molecule has 0 atom stereocenters. The van der Waals surface area contributed by atoms with Crippen LogP contribution in [0.3, 0.4) is 0 Å². The molecule has 0 unspecified atom stereocenters. The van der Waals surface area contributed by atoms with Crippen LogP contribution in [-0.4, -0.2) is 24.8 Å². The summed E-state index contributed by atoms with van der Waals surface area (Å²) in [5.41, 5.74) is 0. The first-order valence-electron chi connectivity index (χ1n) is 3.26. The van der Waals surface area contributed by atoms with Crippen LogP contribution in [0.5, 0.6) is 0 Å². The Morgan fingerprint density at radius 3 is 1.88 bits per heavy atom. The first kappa shape index (κ1) is 6.05. The zero-order chi connectivity index (χ0) is 6.04. The van der Waals surface area contributed by atoms with Crippen LogP contribution in [0.2, 0.25) is 0 Å². The summed E-state index contributed by atoms with van der Waals surface area (Å²) in [6.07, 6.45) is 3.51. The molecular weight excluding hydrogens is 102 g/mol. The topological polar surface area (TPSA) is 19.9 Å². The molecule has 1 aliphatic rings. The molecule has 1 heterocycles. The van der Waals surface area contributed by atoms with E-state index in [1.165, 1.54) is 6.42 Å². The third-order valence-corrected chi connectivity index (χ3v) is 1.76. The van der Waals surface area contributed by atoms with Gasteiger partial charge in [-0.2, -0.15) is 0 Å². The second kappa shape index (κ2) is 2.03. The highest BCUT2D eigenvalue weighted by molar-refractivity contribution is 4.45. The number of hydrogen-bond donors (Lipinski definition) is 0. The molecule has 0 N–H and O–H groups in total. The van der Waals surface area contributed by atoms with E-state index in [0.29, 0.717) is 0 Å². The Hall–Kier alpha value is -0.0800. The molecule has 0 aromatic heterocycles. The molecule has 47 valence electrons. The summed E-state index contributed by atoms with van der Waals surface area (Å²) in [5, 5.41) is 11.1. The second-order valence-corrected chi connectivity index (χ2v) is 2.80. The van der Waals surface area contributed by atoms with Crippen LogP contribution in [0, 0.1) is 0 Å². The molecule has 2 nitrogen and oxygen atoms in total. The van der Waals surface area contributed by atoms with Gasteiger partial charge in [-0.05, 0) is 19.3 Å². The van der Waals surface area contributed by atoms with Gasteiger partial charge in [0, 0.05) is 5.21 Å². The standard InChI is InChI=1S/C6H13NO/c1-7(8)5-3-2-4-6-7/h2-6H2,1H3/q+1. The Kier molecular flexibility index (Phi) is 1.54. The number of hydroxylamine groups is 3. The van der Waals surface area contributed by atoms with Crippen LogP contribution in [0.1, 0.15) is 19.3 Å². The summed E-state index contributed by atoms with van der Waals surface area (Å²) < 4.78 is 0. The van der Waals surface area contributed by atoms with Crippen molar-refractivity contribution in [2.24, 2.45) is 0 Å². The Balaban J connectivity index is 2.33. The lowest BCUT2D eigenvalue weighted by Crippen LogP contribution is -2.42. The molecule has 0 aliphatic carbocycles. The van der Waals surface area contributed by atoms with E-state index in [9.17, 15) is 5.21 Å². The minimum atomic E-state index is 0. The molecule has 0 bridgehead atoms. The molecular formula is C6H13NO+. The first-order chi connectivity index (χ1) is 3.71. The molecule has 0 aromatic carbocycles. The highest BCUT2D eigenvalue weighted by Crippen LogP contribution is 2.12. The van der Waals surface area contributed by atoms with Crippen molar-refractivity contribution in [2.45, 2.75) is 19.3 Å². The van der Waals surface area contributed by atoms with Crippen LogP contribution < -0.4 is 0 Å². The van der Waals surface area contributed by atoms with Crippen molar-refractivity contribution in [2.75, 3.05) is 20.1 Å². The monoisotopic (exact) mass is 115 g/mol. The maximum absolute atomic E-state index is 11.1. The van der Waals surface area contributed by atoms with Gasteiger partial charge in [-0.3, -0.25) is 0 Å². The third kappa shape index (κ3) is 1.46. The van der Waals surface area contributed by atoms with Gasteiger partial charge in [-0.1, -0.05) is 0 Å². The van der Waals surface area contributed by atoms with Crippen LogP contribution in [0.4, 0.5) is 0 Å². The lowest BCUT2D eigenvalue weighted by molar-refractivity contribution is -1.12. The predicted octanol–water partition coefficient (Wildman–Crippen LogP) is 0.962. The van der Waals surface area contributed by atoms with Crippen LogP contribution in [0.15, 0.2) is 0 Å². The number of likely N-dealkylation sites (tertiary alicyclic amines) is 1. The molecule has 1 fully saturated rings. The van der Waals surface area contributed by atoms with Crippen LogP contribution in [-0.2, 0) is 5.21 Å². The Morgan fingerprint density at radius 2 is 1.62 bits per heavy atom. The van der Waals surface area contributed by atoms with Crippen LogP contribution >= 0.6 is 0 Å². The SMILES string of the molecule is C[N+]1([O])CCCCC1. The maximum Gasteiger partial charge on any atom is 0.112 e. The minimum Gasteiger partial charge on any atom is -0.144 e. The van der Waals surface area contributed by atoms with Crippen molar-refractivity contribution in [3.05, 3.63) is 0 Å². The van der Waals surface area contributed by atoms with E-state index in [1.807, 2.05) is 0 Å². The largest absolute Gasteiger partial charge is 0.144 e. The van der Waals surface area contributed by atoms with Crippen molar-refractivity contribution in [3.8, 4) is 0 Å². The molecule has 1 aliphatic heterocycles. The number of piperidine rings is 1. The second-order valence-electron chi connectivity index (χ2n) is 2.80. The minimum absolute atomic E-state index is 0. The Bertz CT molecular complexity index is 72.6. The molecule has 1 saturated heterocycles. The van der Waals surface area contributed by atoms with E-state index >= 15 is 0 Å². The fourth-order valence-corrected chi connectivity index (χ4v) is 1.18. The molecule has 8 heavy (non-hydrogen) atoms. The van der Waals surface area contributed by atoms with Crippen LogP contribution in [0.25, 0.3) is 0 Å². The van der Waals surface area contributed by atoms with E-state index in [1.54, 1.807) is 7.05 Å². The van der Waals surface area contributed by atoms with Gasteiger partial charge < -0.3 is 0 Å². The lowest BCUT2D eigenvalue weighted by atomic mass is 10.1. The van der Waals surface area contributed by atoms with E-state index in [4.69, 9.17) is 0 Å². The molecule has 1 radical (unpaired) electrons. The normalized spacial score (nSPS) is 27.8. The van der Waals surface area contributed by atoms with Gasteiger partial charge in [0.25, 0.3) is 0 Å². The molecule has 0 aromatic rings. The fraction of sp³-hybridized carbons (Fsp3) is 1.00. The van der Waals surface area contributed by atoms with Gasteiger partial charge in [0.15, 0.2) is 0 Å². The van der Waals surface area contributed by atoms with Crippen molar-refractivity contribution < 1.29 is 9.85 Å². The number of nitrogens with zero attached hydrogens (tertiary/aromatic N) is 1. The zero-order valence-corrected chi connectivity index (χ0v) is 5.39. The number of rotatable bonds is 0. The average molecular weight is 115 g/mol.